The van der Waals surface area contributed by atoms with Gasteiger partial charge in [0.2, 0.25) is 5.91 Å². The van der Waals surface area contributed by atoms with Gasteiger partial charge in [-0.3, -0.25) is 14.2 Å². The summed E-state index contributed by atoms with van der Waals surface area (Å²) in [4.78, 5) is 20.1. The molecule has 0 saturated carbocycles. The zero-order chi connectivity index (χ0) is 23.8. The van der Waals surface area contributed by atoms with Crippen LogP contribution in [-0.4, -0.2) is 50.1 Å². The van der Waals surface area contributed by atoms with Gasteiger partial charge in [-0.2, -0.15) is 10.2 Å². The summed E-state index contributed by atoms with van der Waals surface area (Å²) in [6.07, 6.45) is 6.24. The van der Waals surface area contributed by atoms with E-state index in [-0.39, 0.29) is 16.8 Å². The van der Waals surface area contributed by atoms with Gasteiger partial charge in [0.1, 0.15) is 11.6 Å². The number of sulfone groups is 1. The number of aryl methyl sites for hydroxylation is 2. The summed E-state index contributed by atoms with van der Waals surface area (Å²) in [5, 5.41) is 14.5. The fraction of sp³-hybridized carbons (Fsp3) is 0.190. The van der Waals surface area contributed by atoms with Gasteiger partial charge in [0.05, 0.1) is 17.1 Å². The van der Waals surface area contributed by atoms with Crippen molar-refractivity contribution in [2.45, 2.75) is 11.9 Å². The van der Waals surface area contributed by atoms with Crippen molar-refractivity contribution in [2.75, 3.05) is 16.9 Å². The molecule has 0 bridgehead atoms. The van der Waals surface area contributed by atoms with Gasteiger partial charge < -0.3 is 10.6 Å². The standard InChI is InChI=1S/C21H22N8O3S/c1-13(30)23-19-11-18(15(12-22-19)17-6-8-29(3)27-17)24-20-9-14(16-5-7-28(2)26-16)10-21(25-20)33(4,31)32/h5-12H,1-4H3,(H2,22,23,24,25,30). The third-order valence-electron chi connectivity index (χ3n) is 4.65. The van der Waals surface area contributed by atoms with E-state index in [0.717, 1.165) is 6.26 Å². The lowest BCUT2D eigenvalue weighted by atomic mass is 10.1. The molecule has 0 aliphatic carbocycles. The molecule has 4 aromatic rings. The summed E-state index contributed by atoms with van der Waals surface area (Å²) in [5.41, 5.74) is 3.02. The van der Waals surface area contributed by atoms with Gasteiger partial charge in [-0.25, -0.2) is 18.4 Å². The molecule has 170 valence electrons. The van der Waals surface area contributed by atoms with Crippen molar-refractivity contribution in [1.29, 1.82) is 0 Å². The van der Waals surface area contributed by atoms with Crippen LogP contribution >= 0.6 is 0 Å². The second-order valence-electron chi connectivity index (χ2n) is 7.52. The molecule has 0 saturated heterocycles. The van der Waals surface area contributed by atoms with Crippen molar-refractivity contribution in [1.82, 2.24) is 29.5 Å². The summed E-state index contributed by atoms with van der Waals surface area (Å²) >= 11 is 0. The van der Waals surface area contributed by atoms with Crippen LogP contribution in [0.2, 0.25) is 0 Å². The molecule has 4 aromatic heterocycles. The van der Waals surface area contributed by atoms with Crippen LogP contribution in [-0.2, 0) is 28.7 Å². The molecule has 0 aliphatic rings. The van der Waals surface area contributed by atoms with Crippen molar-refractivity contribution in [3.05, 3.63) is 48.9 Å². The highest BCUT2D eigenvalue weighted by Crippen LogP contribution is 2.32. The van der Waals surface area contributed by atoms with E-state index in [9.17, 15) is 13.2 Å². The van der Waals surface area contributed by atoms with Gasteiger partial charge in [-0.05, 0) is 24.3 Å². The predicted octanol–water partition coefficient (Wildman–Crippen LogP) is 2.38. The second kappa shape index (κ2) is 8.47. The molecule has 4 rings (SSSR count). The number of carbonyl (C=O) groups is 1. The summed E-state index contributed by atoms with van der Waals surface area (Å²) < 4.78 is 27.9. The van der Waals surface area contributed by atoms with Gasteiger partial charge in [0.25, 0.3) is 0 Å². The molecule has 0 radical (unpaired) electrons. The van der Waals surface area contributed by atoms with E-state index in [4.69, 9.17) is 0 Å². The number of hydrogen-bond acceptors (Lipinski definition) is 8. The molecule has 12 heteroatoms. The first-order valence-electron chi connectivity index (χ1n) is 9.85. The predicted molar refractivity (Wildman–Crippen MR) is 124 cm³/mol. The molecule has 33 heavy (non-hydrogen) atoms. The average Bonchev–Trinajstić information content (AvgIpc) is 3.35. The van der Waals surface area contributed by atoms with E-state index in [1.54, 1.807) is 60.2 Å². The third kappa shape index (κ3) is 5.06. The number of nitrogens with one attached hydrogen (secondary N) is 2. The van der Waals surface area contributed by atoms with E-state index < -0.39 is 9.84 Å². The van der Waals surface area contributed by atoms with Crippen molar-refractivity contribution >= 4 is 33.1 Å². The first-order chi connectivity index (χ1) is 15.6. The molecular weight excluding hydrogens is 444 g/mol. The van der Waals surface area contributed by atoms with Crippen LogP contribution < -0.4 is 10.6 Å². The van der Waals surface area contributed by atoms with Crippen molar-refractivity contribution in [3.63, 3.8) is 0 Å². The lowest BCUT2D eigenvalue weighted by Gasteiger charge is -2.13. The van der Waals surface area contributed by atoms with Gasteiger partial charge in [-0.15, -0.1) is 0 Å². The van der Waals surface area contributed by atoms with Crippen LogP contribution in [0.15, 0.2) is 53.9 Å². The highest BCUT2D eigenvalue weighted by atomic mass is 32.2. The van der Waals surface area contributed by atoms with Gasteiger partial charge in [-0.1, -0.05) is 0 Å². The minimum absolute atomic E-state index is 0.0938. The Bertz CT molecular complexity index is 1460. The molecule has 0 aliphatic heterocycles. The lowest BCUT2D eigenvalue weighted by molar-refractivity contribution is -0.114. The normalized spacial score (nSPS) is 11.4. The number of rotatable bonds is 6. The molecule has 11 nitrogen and oxygen atoms in total. The van der Waals surface area contributed by atoms with E-state index in [1.807, 2.05) is 6.07 Å². The topological polar surface area (TPSA) is 137 Å². The molecule has 0 fully saturated rings. The smallest absolute Gasteiger partial charge is 0.222 e. The zero-order valence-corrected chi connectivity index (χ0v) is 19.3. The van der Waals surface area contributed by atoms with Gasteiger partial charge in [0, 0.05) is 63.1 Å². The van der Waals surface area contributed by atoms with Gasteiger partial charge in [0.15, 0.2) is 14.9 Å². The Balaban J connectivity index is 1.84. The first-order valence-corrected chi connectivity index (χ1v) is 11.7. The fourth-order valence-electron chi connectivity index (χ4n) is 3.18. The maximum atomic E-state index is 12.3. The molecule has 1 amide bonds. The van der Waals surface area contributed by atoms with Crippen LogP contribution in [0.4, 0.5) is 17.3 Å². The third-order valence-corrected chi connectivity index (χ3v) is 5.62. The maximum absolute atomic E-state index is 12.3. The maximum Gasteiger partial charge on any atom is 0.222 e. The fourth-order valence-corrected chi connectivity index (χ4v) is 3.79. The molecule has 0 unspecified atom stereocenters. The first kappa shape index (κ1) is 22.1. The number of hydrogen-bond donors (Lipinski definition) is 2. The molecule has 0 spiro atoms. The minimum Gasteiger partial charge on any atom is -0.339 e. The van der Waals surface area contributed by atoms with Crippen LogP contribution in [0.25, 0.3) is 22.5 Å². The van der Waals surface area contributed by atoms with Crippen LogP contribution in [0, 0.1) is 0 Å². The van der Waals surface area contributed by atoms with E-state index in [0.29, 0.717) is 34.0 Å². The zero-order valence-electron chi connectivity index (χ0n) is 18.4. The molecule has 2 N–H and O–H groups in total. The van der Waals surface area contributed by atoms with Crippen molar-refractivity contribution in [3.8, 4) is 22.5 Å². The van der Waals surface area contributed by atoms with Crippen molar-refractivity contribution < 1.29 is 13.2 Å². The Morgan fingerprint density at radius 2 is 1.64 bits per heavy atom. The Hall–Kier alpha value is -4.06. The SMILES string of the molecule is CC(=O)Nc1cc(Nc2cc(-c3ccn(C)n3)cc(S(C)(=O)=O)n2)c(-c2ccn(C)n2)cn1. The summed E-state index contributed by atoms with van der Waals surface area (Å²) in [5.74, 6) is 0.346. The largest absolute Gasteiger partial charge is 0.339 e. The Morgan fingerprint density at radius 1 is 0.970 bits per heavy atom. The summed E-state index contributed by atoms with van der Waals surface area (Å²) in [6.45, 7) is 1.39. The quantitative estimate of drug-likeness (QED) is 0.442. The Morgan fingerprint density at radius 3 is 2.21 bits per heavy atom. The number of anilines is 3. The molecule has 0 aromatic carbocycles. The van der Waals surface area contributed by atoms with Crippen molar-refractivity contribution in [2.24, 2.45) is 14.1 Å². The second-order valence-corrected chi connectivity index (χ2v) is 9.48. The number of amides is 1. The van der Waals surface area contributed by atoms with Crippen LogP contribution in [0.5, 0.6) is 0 Å². The van der Waals surface area contributed by atoms with Crippen LogP contribution in [0.3, 0.4) is 0 Å². The summed E-state index contributed by atoms with van der Waals surface area (Å²) in [7, 11) is -0.0187. The number of aromatic nitrogens is 6. The van der Waals surface area contributed by atoms with Crippen LogP contribution in [0.1, 0.15) is 6.92 Å². The number of carbonyl (C=O) groups excluding carboxylic acids is 1. The van der Waals surface area contributed by atoms with Gasteiger partial charge >= 0.3 is 0 Å². The Kier molecular flexibility index (Phi) is 5.68. The molecule has 0 atom stereocenters. The van der Waals surface area contributed by atoms with E-state index in [1.165, 1.54) is 13.0 Å². The molecular formula is C21H22N8O3S. The average molecular weight is 467 g/mol. The molecule has 4 heterocycles. The lowest BCUT2D eigenvalue weighted by Crippen LogP contribution is -2.09. The Labute approximate surface area is 190 Å². The minimum atomic E-state index is -3.60. The van der Waals surface area contributed by atoms with E-state index in [2.05, 4.69) is 30.8 Å². The number of pyridine rings is 2. The summed E-state index contributed by atoms with van der Waals surface area (Å²) in [6, 6.07) is 8.43. The monoisotopic (exact) mass is 466 g/mol. The highest BCUT2D eigenvalue weighted by molar-refractivity contribution is 7.90. The highest BCUT2D eigenvalue weighted by Gasteiger charge is 2.17. The van der Waals surface area contributed by atoms with E-state index >= 15 is 0 Å². The number of nitrogens with zero attached hydrogens (tertiary/aromatic N) is 6.